The van der Waals surface area contributed by atoms with Gasteiger partial charge in [-0.2, -0.15) is 11.8 Å². The van der Waals surface area contributed by atoms with Gasteiger partial charge in [0, 0.05) is 6.04 Å². The van der Waals surface area contributed by atoms with Gasteiger partial charge >= 0.3 is 0 Å². The second-order valence-corrected chi connectivity index (χ2v) is 6.89. The predicted octanol–water partition coefficient (Wildman–Crippen LogP) is 3.54. The highest BCUT2D eigenvalue weighted by Crippen LogP contribution is 2.37. The van der Waals surface area contributed by atoms with Crippen LogP contribution in [0.4, 0.5) is 0 Å². The molecular formula is C14H27NS. The summed E-state index contributed by atoms with van der Waals surface area (Å²) in [5.41, 5.74) is 0. The second-order valence-electron chi connectivity index (χ2n) is 5.74. The van der Waals surface area contributed by atoms with Gasteiger partial charge < -0.3 is 5.32 Å². The maximum absolute atomic E-state index is 3.80. The third kappa shape index (κ3) is 3.16. The normalized spacial score (nSPS) is 37.5. The molecule has 2 aliphatic rings. The van der Waals surface area contributed by atoms with Crippen LogP contribution >= 0.6 is 11.8 Å². The van der Waals surface area contributed by atoms with Crippen molar-refractivity contribution in [3.63, 3.8) is 0 Å². The number of hydrogen-bond acceptors (Lipinski definition) is 2. The third-order valence-corrected chi connectivity index (χ3v) is 5.59. The van der Waals surface area contributed by atoms with Crippen molar-refractivity contribution in [2.24, 2.45) is 17.8 Å². The van der Waals surface area contributed by atoms with E-state index in [1.54, 1.807) is 0 Å². The monoisotopic (exact) mass is 241 g/mol. The van der Waals surface area contributed by atoms with Gasteiger partial charge in [-0.1, -0.05) is 26.7 Å². The van der Waals surface area contributed by atoms with Crippen LogP contribution in [-0.2, 0) is 0 Å². The van der Waals surface area contributed by atoms with Gasteiger partial charge in [-0.05, 0) is 55.1 Å². The van der Waals surface area contributed by atoms with E-state index in [4.69, 9.17) is 0 Å². The first kappa shape index (κ1) is 12.8. The van der Waals surface area contributed by atoms with Crippen molar-refractivity contribution in [1.29, 1.82) is 0 Å². The zero-order chi connectivity index (χ0) is 11.4. The summed E-state index contributed by atoms with van der Waals surface area (Å²) < 4.78 is 0. The van der Waals surface area contributed by atoms with Crippen molar-refractivity contribution in [2.75, 3.05) is 18.1 Å². The second kappa shape index (κ2) is 6.30. The minimum atomic E-state index is 0.822. The van der Waals surface area contributed by atoms with Crippen molar-refractivity contribution in [3.8, 4) is 0 Å². The first-order valence-corrected chi connectivity index (χ1v) is 8.27. The van der Waals surface area contributed by atoms with Crippen molar-refractivity contribution in [3.05, 3.63) is 0 Å². The number of thioether (sulfide) groups is 1. The molecular weight excluding hydrogens is 214 g/mol. The summed E-state index contributed by atoms with van der Waals surface area (Å²) in [4.78, 5) is 0. The fraction of sp³-hybridized carbons (Fsp3) is 1.00. The lowest BCUT2D eigenvalue weighted by Gasteiger charge is -2.37. The minimum Gasteiger partial charge on any atom is -0.314 e. The molecule has 1 heterocycles. The van der Waals surface area contributed by atoms with Gasteiger partial charge in [0.05, 0.1) is 0 Å². The maximum atomic E-state index is 3.80. The van der Waals surface area contributed by atoms with E-state index >= 15 is 0 Å². The molecule has 4 atom stereocenters. The van der Waals surface area contributed by atoms with Crippen LogP contribution in [0.1, 0.15) is 46.0 Å². The van der Waals surface area contributed by atoms with Crippen LogP contribution < -0.4 is 5.32 Å². The van der Waals surface area contributed by atoms with E-state index in [0.29, 0.717) is 0 Å². The van der Waals surface area contributed by atoms with E-state index in [2.05, 4.69) is 30.9 Å². The Morgan fingerprint density at radius 3 is 2.75 bits per heavy atom. The minimum absolute atomic E-state index is 0.822. The smallest absolute Gasteiger partial charge is 0.0132 e. The summed E-state index contributed by atoms with van der Waals surface area (Å²) in [7, 11) is 0. The lowest BCUT2D eigenvalue weighted by Crippen LogP contribution is -2.44. The van der Waals surface area contributed by atoms with Gasteiger partial charge in [0.25, 0.3) is 0 Å². The Hall–Kier alpha value is 0.310. The lowest BCUT2D eigenvalue weighted by atomic mass is 9.75. The molecule has 0 aromatic rings. The lowest BCUT2D eigenvalue weighted by molar-refractivity contribution is 0.186. The quantitative estimate of drug-likeness (QED) is 0.808. The van der Waals surface area contributed by atoms with Gasteiger partial charge in [0.1, 0.15) is 0 Å². The Morgan fingerprint density at radius 1 is 1.25 bits per heavy atom. The summed E-state index contributed by atoms with van der Waals surface area (Å²) >= 11 is 2.16. The van der Waals surface area contributed by atoms with Crippen LogP contribution in [0.25, 0.3) is 0 Å². The highest BCUT2D eigenvalue weighted by molar-refractivity contribution is 7.99. The van der Waals surface area contributed by atoms with Crippen molar-refractivity contribution in [2.45, 2.75) is 52.0 Å². The van der Waals surface area contributed by atoms with Gasteiger partial charge in [-0.3, -0.25) is 0 Å². The van der Waals surface area contributed by atoms with Gasteiger partial charge in [0.2, 0.25) is 0 Å². The SMILES string of the molecule is CCNC(C1CCSC1)C1CCCC(C)C1. The van der Waals surface area contributed by atoms with E-state index in [0.717, 1.165) is 30.3 Å². The Bertz CT molecular complexity index is 201. The standard InChI is InChI=1S/C14H27NS/c1-3-15-14(13-7-8-16-10-13)12-6-4-5-11(2)9-12/h11-15H,3-10H2,1-2H3. The van der Waals surface area contributed by atoms with Crippen LogP contribution in [0, 0.1) is 17.8 Å². The molecule has 0 bridgehead atoms. The molecule has 1 aliphatic heterocycles. The van der Waals surface area contributed by atoms with Crippen LogP contribution in [0.3, 0.4) is 0 Å². The van der Waals surface area contributed by atoms with E-state index < -0.39 is 0 Å². The largest absolute Gasteiger partial charge is 0.314 e. The molecule has 1 aliphatic carbocycles. The van der Waals surface area contributed by atoms with Gasteiger partial charge in [-0.15, -0.1) is 0 Å². The molecule has 2 fully saturated rings. The van der Waals surface area contributed by atoms with Crippen LogP contribution in [0.2, 0.25) is 0 Å². The van der Waals surface area contributed by atoms with Crippen LogP contribution in [0.5, 0.6) is 0 Å². The first-order valence-electron chi connectivity index (χ1n) is 7.12. The fourth-order valence-corrected chi connectivity index (χ4v) is 4.91. The Labute approximate surface area is 105 Å². The average Bonchev–Trinajstić information content (AvgIpc) is 2.79. The molecule has 16 heavy (non-hydrogen) atoms. The summed E-state index contributed by atoms with van der Waals surface area (Å²) in [5.74, 6) is 5.69. The number of rotatable bonds is 4. The average molecular weight is 241 g/mol. The Kier molecular flexibility index (Phi) is 5.02. The zero-order valence-corrected chi connectivity index (χ0v) is 11.7. The van der Waals surface area contributed by atoms with Gasteiger partial charge in [-0.25, -0.2) is 0 Å². The molecule has 2 heteroatoms. The Morgan fingerprint density at radius 2 is 2.12 bits per heavy atom. The first-order chi connectivity index (χ1) is 7.81. The third-order valence-electron chi connectivity index (χ3n) is 4.40. The van der Waals surface area contributed by atoms with Crippen LogP contribution in [-0.4, -0.2) is 24.1 Å². The van der Waals surface area contributed by atoms with E-state index in [9.17, 15) is 0 Å². The van der Waals surface area contributed by atoms with E-state index in [-0.39, 0.29) is 0 Å². The van der Waals surface area contributed by atoms with Gasteiger partial charge in [0.15, 0.2) is 0 Å². The van der Waals surface area contributed by atoms with Crippen molar-refractivity contribution >= 4 is 11.8 Å². The maximum Gasteiger partial charge on any atom is 0.0132 e. The van der Waals surface area contributed by atoms with Crippen LogP contribution in [0.15, 0.2) is 0 Å². The summed E-state index contributed by atoms with van der Waals surface area (Å²) in [6.45, 7) is 5.86. The molecule has 0 radical (unpaired) electrons. The predicted molar refractivity (Wildman–Crippen MR) is 74.0 cm³/mol. The molecule has 4 unspecified atom stereocenters. The molecule has 1 N–H and O–H groups in total. The molecule has 0 aromatic carbocycles. The molecule has 1 saturated heterocycles. The number of nitrogens with one attached hydrogen (secondary N) is 1. The highest BCUT2D eigenvalue weighted by Gasteiger charge is 2.33. The van der Waals surface area contributed by atoms with Crippen molar-refractivity contribution < 1.29 is 0 Å². The molecule has 1 nitrogen and oxygen atoms in total. The molecule has 2 rings (SSSR count). The summed E-state index contributed by atoms with van der Waals surface area (Å²) in [6, 6.07) is 0.822. The Balaban J connectivity index is 1.93. The number of hydrogen-bond donors (Lipinski definition) is 1. The molecule has 0 aromatic heterocycles. The zero-order valence-electron chi connectivity index (χ0n) is 10.9. The van der Waals surface area contributed by atoms with E-state index in [1.165, 1.54) is 43.6 Å². The summed E-state index contributed by atoms with van der Waals surface area (Å²) in [6.07, 6.45) is 7.33. The molecule has 0 spiro atoms. The fourth-order valence-electron chi connectivity index (χ4n) is 3.60. The topological polar surface area (TPSA) is 12.0 Å². The molecule has 1 saturated carbocycles. The summed E-state index contributed by atoms with van der Waals surface area (Å²) in [5, 5.41) is 3.80. The molecule has 0 amide bonds. The molecule has 94 valence electrons. The van der Waals surface area contributed by atoms with Crippen molar-refractivity contribution in [1.82, 2.24) is 5.32 Å². The van der Waals surface area contributed by atoms with E-state index in [1.807, 2.05) is 0 Å². The highest BCUT2D eigenvalue weighted by atomic mass is 32.2.